The average molecular weight is 517 g/mol. The predicted octanol–water partition coefficient (Wildman–Crippen LogP) is 5.21. The fourth-order valence-corrected chi connectivity index (χ4v) is 4.21. The van der Waals surface area contributed by atoms with Gasteiger partial charge in [0.1, 0.15) is 5.75 Å². The van der Waals surface area contributed by atoms with Crippen molar-refractivity contribution in [3.05, 3.63) is 88.4 Å². The molecule has 0 saturated heterocycles. The van der Waals surface area contributed by atoms with Crippen LogP contribution in [0.15, 0.2) is 82.2 Å². The second kappa shape index (κ2) is 10.8. The molecule has 1 amide bonds. The van der Waals surface area contributed by atoms with Gasteiger partial charge in [-0.2, -0.15) is 0 Å². The van der Waals surface area contributed by atoms with E-state index in [0.717, 1.165) is 10.0 Å². The van der Waals surface area contributed by atoms with Crippen molar-refractivity contribution < 1.29 is 17.9 Å². The number of carbonyl (C=O) groups is 1. The summed E-state index contributed by atoms with van der Waals surface area (Å²) in [4.78, 5) is 13.0. The number of carbonyl (C=O) groups excluding carboxylic acids is 1. The molecule has 2 N–H and O–H groups in total. The van der Waals surface area contributed by atoms with Crippen LogP contribution in [-0.4, -0.2) is 20.9 Å². The number of benzene rings is 3. The molecule has 8 heteroatoms. The van der Waals surface area contributed by atoms with Crippen molar-refractivity contribution in [3.8, 4) is 5.75 Å². The minimum atomic E-state index is -3.67. The average Bonchev–Trinajstić information content (AvgIpc) is 2.78. The zero-order valence-corrected chi connectivity index (χ0v) is 20.2. The quantitative estimate of drug-likeness (QED) is 0.408. The molecule has 3 rings (SSSR count). The van der Waals surface area contributed by atoms with Gasteiger partial charge in [0.05, 0.1) is 17.1 Å². The van der Waals surface area contributed by atoms with Gasteiger partial charge in [0, 0.05) is 16.7 Å². The van der Waals surface area contributed by atoms with Gasteiger partial charge in [0.15, 0.2) is 0 Å². The number of hydrogen-bond donors (Lipinski definition) is 2. The highest BCUT2D eigenvalue weighted by atomic mass is 79.9. The maximum absolute atomic E-state index is 12.8. The van der Waals surface area contributed by atoms with Gasteiger partial charge in [-0.15, -0.1) is 0 Å². The Balaban J connectivity index is 1.69. The minimum Gasteiger partial charge on any atom is -0.492 e. The summed E-state index contributed by atoms with van der Waals surface area (Å²) in [6.45, 7) is 4.75. The van der Waals surface area contributed by atoms with E-state index in [0.29, 0.717) is 29.5 Å². The molecule has 0 spiro atoms. The largest absolute Gasteiger partial charge is 0.492 e. The van der Waals surface area contributed by atoms with E-state index < -0.39 is 10.0 Å². The molecule has 0 atom stereocenters. The number of amides is 1. The first-order valence-corrected chi connectivity index (χ1v) is 12.4. The lowest BCUT2D eigenvalue weighted by Gasteiger charge is -2.14. The fourth-order valence-electron chi connectivity index (χ4n) is 2.84. The summed E-state index contributed by atoms with van der Waals surface area (Å²) < 4.78 is 34.2. The topological polar surface area (TPSA) is 84.5 Å². The van der Waals surface area contributed by atoms with Crippen LogP contribution in [0.5, 0.6) is 5.75 Å². The normalized spacial score (nSPS) is 11.4. The third kappa shape index (κ3) is 6.66. The Kier molecular flexibility index (Phi) is 8.06. The molecule has 0 aliphatic rings. The first kappa shape index (κ1) is 24.0. The SMILES string of the molecule is CC(C)COc1ccc(Br)cc1C(=O)Nc1ccc(S(=O)(=O)NCc2ccccc2)cc1. The van der Waals surface area contributed by atoms with Gasteiger partial charge >= 0.3 is 0 Å². The third-order valence-corrected chi connectivity index (χ3v) is 6.40. The van der Waals surface area contributed by atoms with Crippen LogP contribution in [0.2, 0.25) is 0 Å². The Bertz CT molecular complexity index is 1160. The van der Waals surface area contributed by atoms with Crippen molar-refractivity contribution in [1.29, 1.82) is 0 Å². The molecular formula is C24H25BrN2O4S. The number of anilines is 1. The number of nitrogens with one attached hydrogen (secondary N) is 2. The fraction of sp³-hybridized carbons (Fsp3) is 0.208. The Morgan fingerprint density at radius 1 is 1.00 bits per heavy atom. The molecule has 0 heterocycles. The summed E-state index contributed by atoms with van der Waals surface area (Å²) in [6, 6.07) is 20.6. The van der Waals surface area contributed by atoms with Crippen molar-refractivity contribution in [3.63, 3.8) is 0 Å². The summed E-state index contributed by atoms with van der Waals surface area (Å²) in [6.07, 6.45) is 0. The van der Waals surface area contributed by atoms with Crippen LogP contribution in [0.25, 0.3) is 0 Å². The van der Waals surface area contributed by atoms with E-state index in [1.165, 1.54) is 12.1 Å². The van der Waals surface area contributed by atoms with Crippen LogP contribution >= 0.6 is 15.9 Å². The summed E-state index contributed by atoms with van der Waals surface area (Å²) in [5.41, 5.74) is 1.73. The monoisotopic (exact) mass is 516 g/mol. The van der Waals surface area contributed by atoms with Crippen LogP contribution in [-0.2, 0) is 16.6 Å². The maximum atomic E-state index is 12.8. The van der Waals surface area contributed by atoms with Crippen molar-refractivity contribution in [1.82, 2.24) is 4.72 Å². The van der Waals surface area contributed by atoms with Gasteiger partial charge in [-0.3, -0.25) is 4.79 Å². The molecular weight excluding hydrogens is 492 g/mol. The molecule has 168 valence electrons. The van der Waals surface area contributed by atoms with Gasteiger partial charge in [-0.05, 0) is 53.9 Å². The van der Waals surface area contributed by atoms with Gasteiger partial charge in [-0.25, -0.2) is 13.1 Å². The van der Waals surface area contributed by atoms with Crippen LogP contribution < -0.4 is 14.8 Å². The Morgan fingerprint density at radius 3 is 2.34 bits per heavy atom. The first-order chi connectivity index (χ1) is 15.2. The maximum Gasteiger partial charge on any atom is 0.259 e. The highest BCUT2D eigenvalue weighted by molar-refractivity contribution is 9.10. The number of ether oxygens (including phenoxy) is 1. The molecule has 3 aromatic rings. The van der Waals surface area contributed by atoms with Gasteiger partial charge in [0.25, 0.3) is 5.91 Å². The zero-order valence-electron chi connectivity index (χ0n) is 17.8. The Morgan fingerprint density at radius 2 is 1.69 bits per heavy atom. The highest BCUT2D eigenvalue weighted by Crippen LogP contribution is 2.25. The van der Waals surface area contributed by atoms with Gasteiger partial charge in [-0.1, -0.05) is 60.1 Å². The van der Waals surface area contributed by atoms with Crippen molar-refractivity contribution in [2.75, 3.05) is 11.9 Å². The summed E-state index contributed by atoms with van der Waals surface area (Å²) >= 11 is 3.38. The number of sulfonamides is 1. The zero-order chi connectivity index (χ0) is 23.1. The van der Waals surface area contributed by atoms with E-state index in [1.54, 1.807) is 24.3 Å². The molecule has 6 nitrogen and oxygen atoms in total. The van der Waals surface area contributed by atoms with Gasteiger partial charge in [0.2, 0.25) is 10.0 Å². The second-order valence-corrected chi connectivity index (χ2v) is 10.3. The molecule has 0 aliphatic carbocycles. The number of halogens is 1. The highest BCUT2D eigenvalue weighted by Gasteiger charge is 2.16. The summed E-state index contributed by atoms with van der Waals surface area (Å²) in [5.74, 6) is 0.464. The molecule has 0 aliphatic heterocycles. The van der Waals surface area contributed by atoms with E-state index in [2.05, 4.69) is 26.0 Å². The Hall–Kier alpha value is -2.68. The molecule has 0 fully saturated rings. The van der Waals surface area contributed by atoms with E-state index >= 15 is 0 Å². The molecule has 0 radical (unpaired) electrons. The Labute approximate surface area is 197 Å². The lowest BCUT2D eigenvalue weighted by atomic mass is 10.1. The predicted molar refractivity (Wildman–Crippen MR) is 129 cm³/mol. The lowest BCUT2D eigenvalue weighted by Crippen LogP contribution is -2.23. The van der Waals surface area contributed by atoms with E-state index in [1.807, 2.05) is 50.2 Å². The van der Waals surface area contributed by atoms with E-state index in [9.17, 15) is 13.2 Å². The molecule has 0 saturated carbocycles. The lowest BCUT2D eigenvalue weighted by molar-refractivity contribution is 0.102. The van der Waals surface area contributed by atoms with Crippen molar-refractivity contribution >= 4 is 37.5 Å². The summed E-state index contributed by atoms with van der Waals surface area (Å²) in [7, 11) is -3.67. The molecule has 0 bridgehead atoms. The molecule has 0 unspecified atom stereocenters. The number of rotatable bonds is 9. The second-order valence-electron chi connectivity index (χ2n) is 7.63. The van der Waals surface area contributed by atoms with E-state index in [-0.39, 0.29) is 17.3 Å². The third-order valence-electron chi connectivity index (χ3n) is 4.49. The smallest absolute Gasteiger partial charge is 0.259 e. The first-order valence-electron chi connectivity index (χ1n) is 10.1. The molecule has 3 aromatic carbocycles. The van der Waals surface area contributed by atoms with Crippen molar-refractivity contribution in [2.24, 2.45) is 5.92 Å². The van der Waals surface area contributed by atoms with E-state index in [4.69, 9.17) is 4.74 Å². The standard InChI is InChI=1S/C24H25BrN2O4S/c1-17(2)16-31-23-13-8-19(25)14-22(23)24(28)27-20-9-11-21(12-10-20)32(29,30)26-15-18-6-4-3-5-7-18/h3-14,17,26H,15-16H2,1-2H3,(H,27,28). The minimum absolute atomic E-state index is 0.120. The van der Waals surface area contributed by atoms with Crippen LogP contribution in [0.1, 0.15) is 29.8 Å². The van der Waals surface area contributed by atoms with Crippen LogP contribution in [0.3, 0.4) is 0 Å². The van der Waals surface area contributed by atoms with Crippen LogP contribution in [0, 0.1) is 5.92 Å². The number of hydrogen-bond acceptors (Lipinski definition) is 4. The van der Waals surface area contributed by atoms with Crippen molar-refractivity contribution in [2.45, 2.75) is 25.3 Å². The molecule has 32 heavy (non-hydrogen) atoms. The summed E-state index contributed by atoms with van der Waals surface area (Å²) in [5, 5.41) is 2.79. The van der Waals surface area contributed by atoms with Crippen LogP contribution in [0.4, 0.5) is 5.69 Å². The molecule has 0 aromatic heterocycles. The van der Waals surface area contributed by atoms with Gasteiger partial charge < -0.3 is 10.1 Å².